The standard InChI is InChI=1S/C15H23NO2S/c1-2-14-9-6-11-16(13-14)19(17,18)12-10-15-7-4-3-5-8-15/h3-5,7-8,14H,2,6,9-13H2,1H3. The molecule has 0 radical (unpaired) electrons. The van der Waals surface area contributed by atoms with Gasteiger partial charge in [0, 0.05) is 13.1 Å². The molecule has 1 heterocycles. The Morgan fingerprint density at radius 1 is 1.26 bits per heavy atom. The normalized spacial score (nSPS) is 21.4. The van der Waals surface area contributed by atoms with E-state index in [1.807, 2.05) is 30.3 Å². The highest BCUT2D eigenvalue weighted by molar-refractivity contribution is 7.89. The van der Waals surface area contributed by atoms with Crippen molar-refractivity contribution in [2.45, 2.75) is 32.6 Å². The van der Waals surface area contributed by atoms with Gasteiger partial charge in [-0.25, -0.2) is 12.7 Å². The van der Waals surface area contributed by atoms with Gasteiger partial charge in [-0.05, 0) is 30.7 Å². The van der Waals surface area contributed by atoms with Gasteiger partial charge in [-0.3, -0.25) is 0 Å². The number of hydrogen-bond acceptors (Lipinski definition) is 2. The van der Waals surface area contributed by atoms with Crippen LogP contribution in [0.4, 0.5) is 0 Å². The predicted molar refractivity (Wildman–Crippen MR) is 78.5 cm³/mol. The first-order valence-corrected chi connectivity index (χ1v) is 8.74. The van der Waals surface area contributed by atoms with Crippen molar-refractivity contribution >= 4 is 10.0 Å². The van der Waals surface area contributed by atoms with Crippen LogP contribution in [0.25, 0.3) is 0 Å². The van der Waals surface area contributed by atoms with Crippen LogP contribution in [-0.4, -0.2) is 31.6 Å². The van der Waals surface area contributed by atoms with E-state index in [4.69, 9.17) is 0 Å². The lowest BCUT2D eigenvalue weighted by Gasteiger charge is -2.31. The molecule has 106 valence electrons. The van der Waals surface area contributed by atoms with Crippen LogP contribution in [0.5, 0.6) is 0 Å². The van der Waals surface area contributed by atoms with Gasteiger partial charge in [0.15, 0.2) is 0 Å². The molecule has 3 nitrogen and oxygen atoms in total. The van der Waals surface area contributed by atoms with E-state index in [0.717, 1.165) is 18.4 Å². The summed E-state index contributed by atoms with van der Waals surface area (Å²) in [5.41, 5.74) is 1.09. The fourth-order valence-corrected chi connectivity index (χ4v) is 4.23. The van der Waals surface area contributed by atoms with E-state index in [2.05, 4.69) is 6.92 Å². The van der Waals surface area contributed by atoms with Crippen LogP contribution in [0, 0.1) is 5.92 Å². The van der Waals surface area contributed by atoms with E-state index in [1.165, 1.54) is 6.42 Å². The maximum atomic E-state index is 12.3. The van der Waals surface area contributed by atoms with Gasteiger partial charge in [0.1, 0.15) is 0 Å². The second kappa shape index (κ2) is 6.53. The highest BCUT2D eigenvalue weighted by Crippen LogP contribution is 2.22. The smallest absolute Gasteiger partial charge is 0.212 e. The third-order valence-electron chi connectivity index (χ3n) is 3.94. The van der Waals surface area contributed by atoms with Crippen molar-refractivity contribution in [3.8, 4) is 0 Å². The number of nitrogens with zero attached hydrogens (tertiary/aromatic N) is 1. The minimum atomic E-state index is -3.09. The molecule has 1 atom stereocenters. The molecule has 1 aromatic rings. The van der Waals surface area contributed by atoms with Gasteiger partial charge in [-0.2, -0.15) is 0 Å². The minimum absolute atomic E-state index is 0.230. The van der Waals surface area contributed by atoms with Crippen LogP contribution in [-0.2, 0) is 16.4 Å². The lowest BCUT2D eigenvalue weighted by Crippen LogP contribution is -2.41. The topological polar surface area (TPSA) is 37.4 Å². The van der Waals surface area contributed by atoms with Gasteiger partial charge in [-0.15, -0.1) is 0 Å². The van der Waals surface area contributed by atoms with Gasteiger partial charge in [0.05, 0.1) is 5.75 Å². The molecule has 0 bridgehead atoms. The van der Waals surface area contributed by atoms with E-state index in [1.54, 1.807) is 4.31 Å². The van der Waals surface area contributed by atoms with Crippen LogP contribution >= 0.6 is 0 Å². The zero-order valence-corrected chi connectivity index (χ0v) is 12.4. The number of aryl methyl sites for hydroxylation is 1. The summed E-state index contributed by atoms with van der Waals surface area (Å²) in [7, 11) is -3.09. The van der Waals surface area contributed by atoms with Crippen molar-refractivity contribution in [1.29, 1.82) is 0 Å². The number of rotatable bonds is 5. The van der Waals surface area contributed by atoms with E-state index in [9.17, 15) is 8.42 Å². The Kier molecular flexibility index (Phi) is 4.99. The van der Waals surface area contributed by atoms with Crippen molar-refractivity contribution in [2.24, 2.45) is 5.92 Å². The Bertz CT molecular complexity index is 484. The molecular weight excluding hydrogens is 258 g/mol. The Hall–Kier alpha value is -0.870. The highest BCUT2D eigenvalue weighted by atomic mass is 32.2. The van der Waals surface area contributed by atoms with Crippen molar-refractivity contribution in [3.05, 3.63) is 35.9 Å². The summed E-state index contributed by atoms with van der Waals surface area (Å²) < 4.78 is 26.4. The summed E-state index contributed by atoms with van der Waals surface area (Å²) in [6.07, 6.45) is 3.85. The number of hydrogen-bond donors (Lipinski definition) is 0. The van der Waals surface area contributed by atoms with Crippen LogP contribution in [0.3, 0.4) is 0 Å². The average Bonchev–Trinajstić information content (AvgIpc) is 2.46. The lowest BCUT2D eigenvalue weighted by atomic mass is 9.97. The van der Waals surface area contributed by atoms with Crippen molar-refractivity contribution in [1.82, 2.24) is 4.31 Å². The maximum Gasteiger partial charge on any atom is 0.214 e. The molecule has 4 heteroatoms. The molecule has 1 aliphatic rings. The summed E-state index contributed by atoms with van der Waals surface area (Å²) in [5.74, 6) is 0.772. The van der Waals surface area contributed by atoms with Gasteiger partial charge >= 0.3 is 0 Å². The summed E-state index contributed by atoms with van der Waals surface area (Å²) >= 11 is 0. The van der Waals surface area contributed by atoms with Crippen molar-refractivity contribution < 1.29 is 8.42 Å². The Balaban J connectivity index is 1.94. The Morgan fingerprint density at radius 3 is 2.68 bits per heavy atom. The fourth-order valence-electron chi connectivity index (χ4n) is 2.63. The molecule has 2 rings (SSSR count). The molecule has 0 aliphatic carbocycles. The first-order valence-electron chi connectivity index (χ1n) is 7.13. The largest absolute Gasteiger partial charge is 0.214 e. The molecule has 19 heavy (non-hydrogen) atoms. The second-order valence-corrected chi connectivity index (χ2v) is 7.41. The van der Waals surface area contributed by atoms with Gasteiger partial charge in [0.2, 0.25) is 10.0 Å². The van der Waals surface area contributed by atoms with E-state index >= 15 is 0 Å². The molecule has 1 fully saturated rings. The number of piperidine rings is 1. The summed E-state index contributed by atoms with van der Waals surface area (Å²) in [6, 6.07) is 9.83. The van der Waals surface area contributed by atoms with Crippen molar-refractivity contribution in [2.75, 3.05) is 18.8 Å². The molecule has 1 aliphatic heterocycles. The predicted octanol–water partition coefficient (Wildman–Crippen LogP) is 2.68. The molecule has 0 spiro atoms. The summed E-state index contributed by atoms with van der Waals surface area (Å²) in [4.78, 5) is 0. The third kappa shape index (κ3) is 4.05. The molecule has 0 amide bonds. The summed E-state index contributed by atoms with van der Waals surface area (Å²) in [5, 5.41) is 0. The monoisotopic (exact) mass is 281 g/mol. The highest BCUT2D eigenvalue weighted by Gasteiger charge is 2.27. The Labute approximate surface area is 116 Å². The first kappa shape index (κ1) is 14.5. The molecule has 0 saturated carbocycles. The first-order chi connectivity index (χ1) is 9.12. The molecule has 1 saturated heterocycles. The third-order valence-corrected chi connectivity index (χ3v) is 5.78. The fraction of sp³-hybridized carbons (Fsp3) is 0.600. The number of benzene rings is 1. The van der Waals surface area contributed by atoms with Crippen LogP contribution in [0.15, 0.2) is 30.3 Å². The van der Waals surface area contributed by atoms with E-state index < -0.39 is 10.0 Å². The SMILES string of the molecule is CCC1CCCN(S(=O)(=O)CCc2ccccc2)C1. The van der Waals surface area contributed by atoms with E-state index in [0.29, 0.717) is 25.4 Å². The quantitative estimate of drug-likeness (QED) is 0.832. The van der Waals surface area contributed by atoms with E-state index in [-0.39, 0.29) is 5.75 Å². The Morgan fingerprint density at radius 2 is 2.00 bits per heavy atom. The van der Waals surface area contributed by atoms with Crippen molar-refractivity contribution in [3.63, 3.8) is 0 Å². The minimum Gasteiger partial charge on any atom is -0.212 e. The second-order valence-electron chi connectivity index (χ2n) is 5.33. The van der Waals surface area contributed by atoms with Crippen LogP contribution in [0.1, 0.15) is 31.7 Å². The zero-order chi connectivity index (χ0) is 13.7. The zero-order valence-electron chi connectivity index (χ0n) is 11.6. The molecule has 0 aromatic heterocycles. The molecule has 1 aromatic carbocycles. The van der Waals surface area contributed by atoms with Crippen LogP contribution < -0.4 is 0 Å². The van der Waals surface area contributed by atoms with Gasteiger partial charge in [0.25, 0.3) is 0 Å². The molecular formula is C15H23NO2S. The molecule has 1 unspecified atom stereocenters. The van der Waals surface area contributed by atoms with Gasteiger partial charge < -0.3 is 0 Å². The number of sulfonamides is 1. The van der Waals surface area contributed by atoms with Crippen LogP contribution in [0.2, 0.25) is 0 Å². The lowest BCUT2D eigenvalue weighted by molar-refractivity contribution is 0.261. The average molecular weight is 281 g/mol. The summed E-state index contributed by atoms with van der Waals surface area (Å²) in [6.45, 7) is 3.56. The molecule has 0 N–H and O–H groups in total. The van der Waals surface area contributed by atoms with Gasteiger partial charge in [-0.1, -0.05) is 43.7 Å². The maximum absolute atomic E-state index is 12.3.